The first kappa shape index (κ1) is 9.88. The van der Waals surface area contributed by atoms with Crippen molar-refractivity contribution in [1.82, 2.24) is 0 Å². The largest absolute Gasteiger partial charge is 0.395 e. The van der Waals surface area contributed by atoms with E-state index in [-0.39, 0.29) is 18.2 Å². The predicted octanol–water partition coefficient (Wildman–Crippen LogP) is 0.121. The molecule has 3 heteroatoms. The van der Waals surface area contributed by atoms with E-state index in [0.29, 0.717) is 6.61 Å². The minimum Gasteiger partial charge on any atom is -0.395 e. The second-order valence-electron chi connectivity index (χ2n) is 3.37. The van der Waals surface area contributed by atoms with Crippen LogP contribution in [-0.4, -0.2) is 30.0 Å². The molecule has 0 amide bonds. The van der Waals surface area contributed by atoms with Gasteiger partial charge in [-0.2, -0.15) is 0 Å². The summed E-state index contributed by atoms with van der Waals surface area (Å²) >= 11 is 0. The van der Waals surface area contributed by atoms with E-state index in [1.54, 1.807) is 0 Å². The zero-order chi connectivity index (χ0) is 8.20. The molecule has 0 aliphatic carbocycles. The van der Waals surface area contributed by atoms with Crippen LogP contribution in [0.25, 0.3) is 0 Å². The lowest BCUT2D eigenvalue weighted by atomic mass is 10.2. The molecule has 0 rings (SSSR count). The number of ether oxygens (including phenoxy) is 1. The number of hydrogen-bond acceptors (Lipinski definition) is 3. The second kappa shape index (κ2) is 3.91. The Morgan fingerprint density at radius 2 is 2.00 bits per heavy atom. The van der Waals surface area contributed by atoms with Gasteiger partial charge in [0.2, 0.25) is 0 Å². The van der Waals surface area contributed by atoms with E-state index in [1.165, 1.54) is 0 Å². The van der Waals surface area contributed by atoms with Crippen molar-refractivity contribution in [3.63, 3.8) is 0 Å². The maximum absolute atomic E-state index is 8.53. The highest BCUT2D eigenvalue weighted by molar-refractivity contribution is 4.63. The molecule has 0 heterocycles. The van der Waals surface area contributed by atoms with E-state index in [0.717, 1.165) is 0 Å². The van der Waals surface area contributed by atoms with Crippen molar-refractivity contribution in [1.29, 1.82) is 0 Å². The van der Waals surface area contributed by atoms with Gasteiger partial charge in [-0.1, -0.05) is 0 Å². The first-order chi connectivity index (χ1) is 4.45. The van der Waals surface area contributed by atoms with Gasteiger partial charge in [0.15, 0.2) is 0 Å². The van der Waals surface area contributed by atoms with Gasteiger partial charge in [-0.05, 0) is 20.8 Å². The van der Waals surface area contributed by atoms with Gasteiger partial charge >= 0.3 is 0 Å². The van der Waals surface area contributed by atoms with E-state index in [9.17, 15) is 0 Å². The van der Waals surface area contributed by atoms with Crippen LogP contribution in [0.2, 0.25) is 0 Å². The molecule has 0 spiro atoms. The first-order valence-corrected chi connectivity index (χ1v) is 3.46. The molecule has 0 aliphatic heterocycles. The molecule has 3 N–H and O–H groups in total. The molecule has 0 radical (unpaired) electrons. The molecule has 0 saturated heterocycles. The maximum atomic E-state index is 8.53. The van der Waals surface area contributed by atoms with Crippen LogP contribution in [-0.2, 0) is 4.74 Å². The van der Waals surface area contributed by atoms with Crippen molar-refractivity contribution in [3.8, 4) is 0 Å². The summed E-state index contributed by atoms with van der Waals surface area (Å²) in [6.45, 7) is 6.27. The van der Waals surface area contributed by atoms with E-state index in [4.69, 9.17) is 15.6 Å². The molecule has 0 aromatic carbocycles. The molecular formula is C7H17NO2. The molecule has 0 bridgehead atoms. The van der Waals surface area contributed by atoms with E-state index >= 15 is 0 Å². The summed E-state index contributed by atoms with van der Waals surface area (Å²) in [6.07, 6.45) is 0. The van der Waals surface area contributed by atoms with Crippen molar-refractivity contribution in [2.24, 2.45) is 5.73 Å². The summed E-state index contributed by atoms with van der Waals surface area (Å²) in [6, 6.07) is -0.251. The smallest absolute Gasteiger partial charge is 0.0647 e. The molecule has 3 nitrogen and oxygen atoms in total. The lowest BCUT2D eigenvalue weighted by Crippen LogP contribution is -2.34. The Hall–Kier alpha value is -0.120. The van der Waals surface area contributed by atoms with Gasteiger partial charge in [-0.3, -0.25) is 0 Å². The Labute approximate surface area is 62.2 Å². The monoisotopic (exact) mass is 147 g/mol. The minimum absolute atomic E-state index is 0.0178. The number of aliphatic hydroxyl groups is 1. The SMILES string of the molecule is CC(C)(C)OC[C@H](N)CO. The highest BCUT2D eigenvalue weighted by atomic mass is 16.5. The predicted molar refractivity (Wildman–Crippen MR) is 40.8 cm³/mol. The van der Waals surface area contributed by atoms with Crippen LogP contribution >= 0.6 is 0 Å². The van der Waals surface area contributed by atoms with Gasteiger partial charge in [0, 0.05) is 0 Å². The van der Waals surface area contributed by atoms with Crippen molar-refractivity contribution in [2.45, 2.75) is 32.4 Å². The van der Waals surface area contributed by atoms with Gasteiger partial charge in [0.1, 0.15) is 0 Å². The Bertz CT molecular complexity index is 88.1. The summed E-state index contributed by atoms with van der Waals surface area (Å²) < 4.78 is 5.30. The van der Waals surface area contributed by atoms with E-state index < -0.39 is 0 Å². The van der Waals surface area contributed by atoms with Crippen LogP contribution in [0.4, 0.5) is 0 Å². The fourth-order valence-electron chi connectivity index (χ4n) is 0.410. The molecular weight excluding hydrogens is 130 g/mol. The van der Waals surface area contributed by atoms with Gasteiger partial charge in [0.05, 0.1) is 24.9 Å². The van der Waals surface area contributed by atoms with E-state index in [1.807, 2.05) is 20.8 Å². The summed E-state index contributed by atoms with van der Waals surface area (Å²) in [5, 5.41) is 8.53. The Morgan fingerprint density at radius 1 is 1.50 bits per heavy atom. The summed E-state index contributed by atoms with van der Waals surface area (Å²) in [4.78, 5) is 0. The average molecular weight is 147 g/mol. The molecule has 0 aliphatic rings. The third kappa shape index (κ3) is 6.01. The van der Waals surface area contributed by atoms with Crippen LogP contribution in [0, 0.1) is 0 Å². The van der Waals surface area contributed by atoms with Gasteiger partial charge in [-0.25, -0.2) is 0 Å². The van der Waals surface area contributed by atoms with Gasteiger partial charge in [-0.15, -0.1) is 0 Å². The van der Waals surface area contributed by atoms with Crippen molar-refractivity contribution in [3.05, 3.63) is 0 Å². The number of nitrogens with two attached hydrogens (primary N) is 1. The van der Waals surface area contributed by atoms with Crippen LogP contribution in [0.3, 0.4) is 0 Å². The lowest BCUT2D eigenvalue weighted by Gasteiger charge is -2.21. The number of aliphatic hydroxyl groups excluding tert-OH is 1. The molecule has 0 fully saturated rings. The zero-order valence-corrected chi connectivity index (χ0v) is 6.92. The van der Waals surface area contributed by atoms with Gasteiger partial charge < -0.3 is 15.6 Å². The molecule has 0 aromatic rings. The molecule has 1 atom stereocenters. The molecule has 0 saturated carbocycles. The number of rotatable bonds is 3. The van der Waals surface area contributed by atoms with Crippen LogP contribution in [0.15, 0.2) is 0 Å². The third-order valence-corrected chi connectivity index (χ3v) is 0.965. The first-order valence-electron chi connectivity index (χ1n) is 3.46. The van der Waals surface area contributed by atoms with Crippen LogP contribution in [0.1, 0.15) is 20.8 Å². The van der Waals surface area contributed by atoms with Gasteiger partial charge in [0.25, 0.3) is 0 Å². The van der Waals surface area contributed by atoms with Crippen molar-refractivity contribution >= 4 is 0 Å². The highest BCUT2D eigenvalue weighted by Crippen LogP contribution is 2.05. The molecule has 0 unspecified atom stereocenters. The maximum Gasteiger partial charge on any atom is 0.0647 e. The Balaban J connectivity index is 3.36. The lowest BCUT2D eigenvalue weighted by molar-refractivity contribution is -0.0158. The van der Waals surface area contributed by atoms with Crippen molar-refractivity contribution < 1.29 is 9.84 Å². The second-order valence-corrected chi connectivity index (χ2v) is 3.37. The average Bonchev–Trinajstić information content (AvgIpc) is 1.81. The quantitative estimate of drug-likeness (QED) is 0.596. The Kier molecular flexibility index (Phi) is 3.86. The standard InChI is InChI=1S/C7H17NO2/c1-7(2,3)10-5-6(8)4-9/h6,9H,4-5,8H2,1-3H3/t6-/m1/s1. The summed E-state index contributed by atoms with van der Waals surface area (Å²) in [7, 11) is 0. The Morgan fingerprint density at radius 3 is 2.30 bits per heavy atom. The van der Waals surface area contributed by atoms with E-state index in [2.05, 4.69) is 0 Å². The minimum atomic E-state index is -0.251. The highest BCUT2D eigenvalue weighted by Gasteiger charge is 2.11. The zero-order valence-electron chi connectivity index (χ0n) is 6.92. The number of hydrogen-bond donors (Lipinski definition) is 2. The molecule has 0 aromatic heterocycles. The topological polar surface area (TPSA) is 55.5 Å². The fraction of sp³-hybridized carbons (Fsp3) is 1.00. The summed E-state index contributed by atoms with van der Waals surface area (Å²) in [5.41, 5.74) is 5.25. The fourth-order valence-corrected chi connectivity index (χ4v) is 0.410. The van der Waals surface area contributed by atoms with Crippen LogP contribution < -0.4 is 5.73 Å². The third-order valence-electron chi connectivity index (χ3n) is 0.965. The van der Waals surface area contributed by atoms with Crippen molar-refractivity contribution in [2.75, 3.05) is 13.2 Å². The normalized spacial score (nSPS) is 15.3. The molecule has 10 heavy (non-hydrogen) atoms. The molecule has 62 valence electrons. The van der Waals surface area contributed by atoms with Crippen LogP contribution in [0.5, 0.6) is 0 Å². The summed E-state index contributed by atoms with van der Waals surface area (Å²) in [5.74, 6) is 0.